The number of nitrogens with zero attached hydrogens (tertiary/aromatic N) is 1. The van der Waals surface area contributed by atoms with Gasteiger partial charge in [-0.25, -0.2) is 0 Å². The van der Waals surface area contributed by atoms with Gasteiger partial charge in [0.1, 0.15) is 0 Å². The average Bonchev–Trinajstić information content (AvgIpc) is 2.62. The zero-order chi connectivity index (χ0) is 12.8. The lowest BCUT2D eigenvalue weighted by Gasteiger charge is -2.16. The summed E-state index contributed by atoms with van der Waals surface area (Å²) in [4.78, 5) is 16.2. The van der Waals surface area contributed by atoms with E-state index >= 15 is 0 Å². The van der Waals surface area contributed by atoms with Crippen LogP contribution in [0.2, 0.25) is 0 Å². The maximum atomic E-state index is 12.1. The Morgan fingerprint density at radius 3 is 2.59 bits per heavy atom. The third kappa shape index (κ3) is 4.13. The Balaban J connectivity index is 2.49. The topological polar surface area (TPSA) is 40.5 Å². The molecule has 1 amide bonds. The van der Waals surface area contributed by atoms with E-state index in [2.05, 4.69) is 0 Å². The van der Waals surface area contributed by atoms with Crippen LogP contribution in [0.4, 0.5) is 0 Å². The molecule has 0 unspecified atom stereocenters. The van der Waals surface area contributed by atoms with Crippen LogP contribution in [0.5, 0.6) is 0 Å². The van der Waals surface area contributed by atoms with E-state index in [1.807, 2.05) is 27.0 Å². The molecule has 0 spiro atoms. The minimum Gasteiger partial charge on any atom is -0.396 e. The Hall–Kier alpha value is -0.870. The van der Waals surface area contributed by atoms with E-state index in [9.17, 15) is 4.79 Å². The van der Waals surface area contributed by atoms with Gasteiger partial charge in [0, 0.05) is 30.0 Å². The zero-order valence-electron chi connectivity index (χ0n) is 10.8. The number of aryl methyl sites for hydroxylation is 2. The second-order valence-corrected chi connectivity index (χ2v) is 5.80. The molecule has 0 aliphatic rings. The molecule has 0 aliphatic heterocycles. The van der Waals surface area contributed by atoms with Crippen LogP contribution in [0.3, 0.4) is 0 Å². The van der Waals surface area contributed by atoms with Gasteiger partial charge in [0.2, 0.25) is 0 Å². The standard InChI is InChI=1S/C13H21NO2S/c1-10-9-12(11(2)17-10)13(16)14(3)7-5-4-6-8-15/h9,15H,4-8H2,1-3H3. The molecule has 4 heteroatoms. The number of amides is 1. The van der Waals surface area contributed by atoms with Crippen molar-refractivity contribution < 1.29 is 9.90 Å². The van der Waals surface area contributed by atoms with Gasteiger partial charge < -0.3 is 10.0 Å². The normalized spacial score (nSPS) is 10.6. The van der Waals surface area contributed by atoms with Crippen molar-refractivity contribution in [3.05, 3.63) is 21.4 Å². The summed E-state index contributed by atoms with van der Waals surface area (Å²) in [5.41, 5.74) is 0.831. The highest BCUT2D eigenvalue weighted by atomic mass is 32.1. The van der Waals surface area contributed by atoms with Crippen molar-refractivity contribution in [1.82, 2.24) is 4.90 Å². The number of aliphatic hydroxyl groups is 1. The Bertz CT molecular complexity index is 373. The highest BCUT2D eigenvalue weighted by Gasteiger charge is 2.15. The molecule has 1 heterocycles. The van der Waals surface area contributed by atoms with E-state index in [1.165, 1.54) is 4.88 Å². The number of thiophene rings is 1. The molecule has 17 heavy (non-hydrogen) atoms. The van der Waals surface area contributed by atoms with Crippen LogP contribution in [0.1, 0.15) is 39.4 Å². The third-order valence-electron chi connectivity index (χ3n) is 2.77. The van der Waals surface area contributed by atoms with Gasteiger partial charge >= 0.3 is 0 Å². The summed E-state index contributed by atoms with van der Waals surface area (Å²) >= 11 is 1.67. The van der Waals surface area contributed by atoms with Gasteiger partial charge in [0.15, 0.2) is 0 Å². The Kier molecular flexibility index (Phi) is 5.65. The first-order valence-corrected chi connectivity index (χ1v) is 6.81. The van der Waals surface area contributed by atoms with E-state index in [-0.39, 0.29) is 12.5 Å². The number of hydrogen-bond acceptors (Lipinski definition) is 3. The number of carbonyl (C=O) groups is 1. The molecule has 0 atom stereocenters. The first-order chi connectivity index (χ1) is 8.06. The molecule has 0 aromatic carbocycles. The summed E-state index contributed by atoms with van der Waals surface area (Å²) in [5.74, 6) is 0.107. The Labute approximate surface area is 107 Å². The fraction of sp³-hybridized carbons (Fsp3) is 0.615. The lowest BCUT2D eigenvalue weighted by Crippen LogP contribution is -2.27. The average molecular weight is 255 g/mol. The fourth-order valence-electron chi connectivity index (χ4n) is 1.79. The predicted octanol–water partition coefficient (Wildman–Crippen LogP) is 2.60. The van der Waals surface area contributed by atoms with Gasteiger partial charge in [-0.05, 0) is 39.2 Å². The van der Waals surface area contributed by atoms with Crippen molar-refractivity contribution in [1.29, 1.82) is 0 Å². The number of unbranched alkanes of at least 4 members (excludes halogenated alkanes) is 2. The third-order valence-corrected chi connectivity index (χ3v) is 3.74. The van der Waals surface area contributed by atoms with Crippen molar-refractivity contribution in [3.63, 3.8) is 0 Å². The number of aliphatic hydroxyl groups excluding tert-OH is 1. The molecule has 0 saturated carbocycles. The quantitative estimate of drug-likeness (QED) is 0.794. The van der Waals surface area contributed by atoms with Crippen molar-refractivity contribution in [2.45, 2.75) is 33.1 Å². The van der Waals surface area contributed by atoms with Crippen molar-refractivity contribution >= 4 is 17.2 Å². The molecule has 1 aromatic heterocycles. The first kappa shape index (κ1) is 14.2. The summed E-state index contributed by atoms with van der Waals surface area (Å²) in [6.07, 6.45) is 2.74. The summed E-state index contributed by atoms with van der Waals surface area (Å²) in [6, 6.07) is 1.96. The number of carbonyl (C=O) groups excluding carboxylic acids is 1. The second-order valence-electron chi connectivity index (χ2n) is 4.34. The largest absolute Gasteiger partial charge is 0.396 e. The molecule has 0 aliphatic carbocycles. The Morgan fingerprint density at radius 2 is 2.06 bits per heavy atom. The maximum Gasteiger partial charge on any atom is 0.254 e. The zero-order valence-corrected chi connectivity index (χ0v) is 11.6. The molecule has 1 N–H and O–H groups in total. The minimum absolute atomic E-state index is 0.107. The van der Waals surface area contributed by atoms with Gasteiger partial charge in [-0.2, -0.15) is 0 Å². The molecule has 1 rings (SSSR count). The maximum absolute atomic E-state index is 12.1. The van der Waals surface area contributed by atoms with Crippen LogP contribution in [-0.4, -0.2) is 36.1 Å². The molecular formula is C13H21NO2S. The van der Waals surface area contributed by atoms with Crippen molar-refractivity contribution in [2.75, 3.05) is 20.2 Å². The van der Waals surface area contributed by atoms with Crippen LogP contribution in [0.25, 0.3) is 0 Å². The fourth-order valence-corrected chi connectivity index (χ4v) is 2.70. The van der Waals surface area contributed by atoms with Gasteiger partial charge in [-0.15, -0.1) is 11.3 Å². The molecule has 0 saturated heterocycles. The van der Waals surface area contributed by atoms with Gasteiger partial charge in [-0.1, -0.05) is 0 Å². The van der Waals surface area contributed by atoms with Crippen LogP contribution in [0, 0.1) is 13.8 Å². The van der Waals surface area contributed by atoms with Crippen molar-refractivity contribution in [2.24, 2.45) is 0 Å². The van der Waals surface area contributed by atoms with E-state index < -0.39 is 0 Å². The van der Waals surface area contributed by atoms with Crippen molar-refractivity contribution in [3.8, 4) is 0 Å². The lowest BCUT2D eigenvalue weighted by molar-refractivity contribution is 0.0792. The van der Waals surface area contributed by atoms with E-state index in [0.717, 1.165) is 36.2 Å². The molecule has 0 fully saturated rings. The highest BCUT2D eigenvalue weighted by molar-refractivity contribution is 7.12. The summed E-state index contributed by atoms with van der Waals surface area (Å²) < 4.78 is 0. The summed E-state index contributed by atoms with van der Waals surface area (Å²) in [5, 5.41) is 8.68. The van der Waals surface area contributed by atoms with E-state index in [0.29, 0.717) is 0 Å². The SMILES string of the molecule is Cc1cc(C(=O)N(C)CCCCCO)c(C)s1. The minimum atomic E-state index is 0.107. The Morgan fingerprint density at radius 1 is 1.35 bits per heavy atom. The van der Waals surface area contributed by atoms with E-state index in [1.54, 1.807) is 16.2 Å². The highest BCUT2D eigenvalue weighted by Crippen LogP contribution is 2.21. The summed E-state index contributed by atoms with van der Waals surface area (Å²) in [6.45, 7) is 5.01. The van der Waals surface area contributed by atoms with E-state index in [4.69, 9.17) is 5.11 Å². The van der Waals surface area contributed by atoms with Crippen LogP contribution in [0.15, 0.2) is 6.07 Å². The van der Waals surface area contributed by atoms with Gasteiger partial charge in [0.25, 0.3) is 5.91 Å². The van der Waals surface area contributed by atoms with Crippen LogP contribution >= 0.6 is 11.3 Å². The van der Waals surface area contributed by atoms with Crippen LogP contribution < -0.4 is 0 Å². The molecule has 96 valence electrons. The molecule has 0 bridgehead atoms. The first-order valence-electron chi connectivity index (χ1n) is 5.99. The van der Waals surface area contributed by atoms with Crippen LogP contribution in [-0.2, 0) is 0 Å². The molecule has 3 nitrogen and oxygen atoms in total. The molecule has 0 radical (unpaired) electrons. The monoisotopic (exact) mass is 255 g/mol. The lowest BCUT2D eigenvalue weighted by atomic mass is 10.2. The number of rotatable bonds is 6. The smallest absolute Gasteiger partial charge is 0.254 e. The number of hydrogen-bond donors (Lipinski definition) is 1. The molecular weight excluding hydrogens is 234 g/mol. The second kappa shape index (κ2) is 6.77. The van der Waals surface area contributed by atoms with Gasteiger partial charge in [0.05, 0.1) is 5.56 Å². The molecule has 1 aromatic rings. The van der Waals surface area contributed by atoms with Gasteiger partial charge in [-0.3, -0.25) is 4.79 Å². The summed E-state index contributed by atoms with van der Waals surface area (Å²) in [7, 11) is 1.84. The predicted molar refractivity (Wildman–Crippen MR) is 71.7 cm³/mol.